The van der Waals surface area contributed by atoms with Gasteiger partial charge in [-0.2, -0.15) is 0 Å². The van der Waals surface area contributed by atoms with Crippen molar-refractivity contribution >= 4 is 12.0 Å². The maximum Gasteiger partial charge on any atom is 0.407 e. The van der Waals surface area contributed by atoms with Crippen LogP contribution < -0.4 is 10.6 Å². The summed E-state index contributed by atoms with van der Waals surface area (Å²) in [6, 6.07) is 0. The largest absolute Gasteiger partial charge is 0.444 e. The molecule has 0 fully saturated rings. The van der Waals surface area contributed by atoms with E-state index in [1.807, 2.05) is 13.8 Å². The lowest BCUT2D eigenvalue weighted by Crippen LogP contribution is -2.49. The molecule has 2 atom stereocenters. The second-order valence-corrected chi connectivity index (χ2v) is 21.5. The summed E-state index contributed by atoms with van der Waals surface area (Å²) in [5, 5.41) is 6.23. The first-order chi connectivity index (χ1) is 30.2. The van der Waals surface area contributed by atoms with Crippen molar-refractivity contribution in [3.63, 3.8) is 0 Å². The Morgan fingerprint density at radius 1 is 0.508 bits per heavy atom. The van der Waals surface area contributed by atoms with Crippen LogP contribution in [0.25, 0.3) is 0 Å². The number of rotatable bonds is 47. The van der Waals surface area contributed by atoms with E-state index in [4.69, 9.17) is 14.2 Å². The highest BCUT2D eigenvalue weighted by molar-refractivity contribution is 5.82. The Balaban J connectivity index is 4.68. The zero-order valence-corrected chi connectivity index (χ0v) is 44.3. The molecule has 0 aromatic rings. The minimum Gasteiger partial charge on any atom is -0.444 e. The molecule has 63 heavy (non-hydrogen) atoms. The topological polar surface area (TPSA) is 85.9 Å². The van der Waals surface area contributed by atoms with Crippen LogP contribution in [0.1, 0.15) is 293 Å². The molecule has 0 aliphatic heterocycles. The molecule has 0 bridgehead atoms. The van der Waals surface area contributed by atoms with E-state index >= 15 is 0 Å². The van der Waals surface area contributed by atoms with Crippen molar-refractivity contribution in [3.8, 4) is 0 Å². The summed E-state index contributed by atoms with van der Waals surface area (Å²) in [6.07, 6.45) is 45.6. The molecule has 0 spiro atoms. The van der Waals surface area contributed by atoms with E-state index in [0.29, 0.717) is 19.7 Å². The number of unbranched alkanes of at least 4 members (excludes halogenated alkanes) is 31. The molecular formula is C56H112N2O5. The number of ether oxygens (including phenoxy) is 3. The summed E-state index contributed by atoms with van der Waals surface area (Å²) in [7, 11) is 1.74. The first kappa shape index (κ1) is 61.7. The molecule has 0 rings (SSSR count). The molecule has 0 aliphatic rings. The number of carbonyl (C=O) groups is 2. The van der Waals surface area contributed by atoms with Gasteiger partial charge in [-0.15, -0.1) is 0 Å². The van der Waals surface area contributed by atoms with Gasteiger partial charge in [0, 0.05) is 25.7 Å². The normalized spacial score (nSPS) is 13.3. The third-order valence-electron chi connectivity index (χ3n) is 14.4. The molecule has 0 aromatic heterocycles. The van der Waals surface area contributed by atoms with Crippen molar-refractivity contribution in [2.75, 3.05) is 26.8 Å². The fraction of sp³-hybridized carbons (Fsp3) is 0.964. The van der Waals surface area contributed by atoms with E-state index in [-0.39, 0.29) is 35.2 Å². The summed E-state index contributed by atoms with van der Waals surface area (Å²) in [4.78, 5) is 26.8. The predicted molar refractivity (Wildman–Crippen MR) is 273 cm³/mol. The molecule has 7 nitrogen and oxygen atoms in total. The molecule has 0 heterocycles. The molecule has 0 aliphatic carbocycles. The van der Waals surface area contributed by atoms with Crippen LogP contribution in [0.5, 0.6) is 0 Å². The molecule has 2 unspecified atom stereocenters. The summed E-state index contributed by atoms with van der Waals surface area (Å²) < 4.78 is 17.7. The van der Waals surface area contributed by atoms with Crippen LogP contribution >= 0.6 is 0 Å². The molecular weight excluding hydrogens is 781 g/mol. The van der Waals surface area contributed by atoms with Crippen LogP contribution in [0.2, 0.25) is 0 Å². The zero-order chi connectivity index (χ0) is 46.9. The highest BCUT2D eigenvalue weighted by atomic mass is 16.6. The maximum absolute atomic E-state index is 13.8. The number of carbonyl (C=O) groups excluding carboxylic acids is 2. The Bertz CT molecular complexity index is 1030. The van der Waals surface area contributed by atoms with Crippen molar-refractivity contribution in [1.29, 1.82) is 0 Å². The molecule has 2 N–H and O–H groups in total. The second kappa shape index (κ2) is 40.9. The Hall–Kier alpha value is -1.34. The third-order valence-corrected chi connectivity index (χ3v) is 14.4. The van der Waals surface area contributed by atoms with E-state index < -0.39 is 5.41 Å². The van der Waals surface area contributed by atoms with Crippen molar-refractivity contribution in [2.45, 2.75) is 311 Å². The monoisotopic (exact) mass is 893 g/mol. The zero-order valence-electron chi connectivity index (χ0n) is 44.3. The highest BCUT2D eigenvalue weighted by Crippen LogP contribution is 2.43. The fourth-order valence-corrected chi connectivity index (χ4v) is 8.73. The fourth-order valence-electron chi connectivity index (χ4n) is 8.73. The summed E-state index contributed by atoms with van der Waals surface area (Å²) in [5.74, 6) is -0.00944. The number of methoxy groups -OCH3 is 1. The van der Waals surface area contributed by atoms with Gasteiger partial charge in [-0.1, -0.05) is 241 Å². The molecule has 2 amide bonds. The quantitative estimate of drug-likeness (QED) is 0.0595. The minimum atomic E-state index is -0.648. The molecule has 0 saturated heterocycles. The Kier molecular flexibility index (Phi) is 40.0. The van der Waals surface area contributed by atoms with Crippen LogP contribution in [0.15, 0.2) is 0 Å². The SMILES string of the molecule is CCCCCCCCCCCCCCCCCCCC(CNC(=O)C(C)(C)C(C)(C)CC(C)OCCC(C)(C)OC)OC(=O)NCCCCCCCCCCCCCCCCCC. The molecule has 0 aromatic carbocycles. The van der Waals surface area contributed by atoms with Crippen LogP contribution in [-0.4, -0.2) is 56.6 Å². The first-order valence-corrected chi connectivity index (χ1v) is 27.6. The van der Waals surface area contributed by atoms with Crippen LogP contribution in [0.3, 0.4) is 0 Å². The highest BCUT2D eigenvalue weighted by Gasteiger charge is 2.44. The number of hydrogen-bond donors (Lipinski definition) is 2. The predicted octanol–water partition coefficient (Wildman–Crippen LogP) is 17.2. The van der Waals surface area contributed by atoms with Crippen LogP contribution in [-0.2, 0) is 19.0 Å². The van der Waals surface area contributed by atoms with Crippen molar-refractivity contribution < 1.29 is 23.8 Å². The van der Waals surface area contributed by atoms with Gasteiger partial charge in [-0.3, -0.25) is 4.79 Å². The van der Waals surface area contributed by atoms with Crippen molar-refractivity contribution in [3.05, 3.63) is 0 Å². The van der Waals surface area contributed by atoms with Gasteiger partial charge in [-0.25, -0.2) is 4.79 Å². The van der Waals surface area contributed by atoms with Gasteiger partial charge in [0.1, 0.15) is 6.10 Å². The van der Waals surface area contributed by atoms with Gasteiger partial charge in [-0.05, 0) is 58.3 Å². The average Bonchev–Trinajstić information content (AvgIpc) is 3.24. The summed E-state index contributed by atoms with van der Waals surface area (Å²) in [6.45, 7) is 20.8. The third kappa shape index (κ3) is 36.5. The summed E-state index contributed by atoms with van der Waals surface area (Å²) >= 11 is 0. The van der Waals surface area contributed by atoms with E-state index in [1.165, 1.54) is 186 Å². The lowest BCUT2D eigenvalue weighted by Gasteiger charge is -2.42. The van der Waals surface area contributed by atoms with E-state index in [0.717, 1.165) is 44.9 Å². The van der Waals surface area contributed by atoms with Gasteiger partial charge in [0.25, 0.3) is 0 Å². The molecule has 0 radical (unpaired) electrons. The Morgan fingerprint density at radius 3 is 1.25 bits per heavy atom. The smallest absolute Gasteiger partial charge is 0.407 e. The van der Waals surface area contributed by atoms with E-state index in [2.05, 4.69) is 59.1 Å². The van der Waals surface area contributed by atoms with Gasteiger partial charge >= 0.3 is 6.09 Å². The first-order valence-electron chi connectivity index (χ1n) is 27.6. The van der Waals surface area contributed by atoms with Gasteiger partial charge in [0.15, 0.2) is 0 Å². The van der Waals surface area contributed by atoms with Crippen LogP contribution in [0, 0.1) is 10.8 Å². The van der Waals surface area contributed by atoms with Crippen molar-refractivity contribution in [2.24, 2.45) is 10.8 Å². The maximum atomic E-state index is 13.8. The standard InChI is InChI=1S/C56H112N2O5/c1-11-13-15-17-19-21-23-25-27-29-30-32-34-36-38-40-42-44-51(49-58-52(59)56(8,9)54(4,5)48-50(3)62-47-45-55(6,7)61-10)63-53(60)57-46-43-41-39-37-35-33-31-28-26-24-22-20-18-16-14-12-2/h50-51H,11-49H2,1-10H3,(H,57,60)(H,58,59). The Morgan fingerprint density at radius 2 is 0.873 bits per heavy atom. The molecule has 376 valence electrons. The second-order valence-electron chi connectivity index (χ2n) is 21.5. The molecule has 7 heteroatoms. The van der Waals surface area contributed by atoms with E-state index in [1.54, 1.807) is 7.11 Å². The Labute approximate surface area is 394 Å². The number of hydrogen-bond acceptors (Lipinski definition) is 5. The summed E-state index contributed by atoms with van der Waals surface area (Å²) in [5.41, 5.74) is -1.19. The average molecular weight is 894 g/mol. The number of alkyl carbamates (subject to hydrolysis) is 1. The van der Waals surface area contributed by atoms with Crippen molar-refractivity contribution in [1.82, 2.24) is 10.6 Å². The van der Waals surface area contributed by atoms with Crippen LogP contribution in [0.4, 0.5) is 4.79 Å². The van der Waals surface area contributed by atoms with Gasteiger partial charge < -0.3 is 24.8 Å². The van der Waals surface area contributed by atoms with Gasteiger partial charge in [0.05, 0.1) is 18.2 Å². The number of nitrogens with one attached hydrogen (secondary N) is 2. The lowest BCUT2D eigenvalue weighted by atomic mass is 9.64. The number of amides is 2. The minimum absolute atomic E-state index is 0.00796. The van der Waals surface area contributed by atoms with E-state index in [9.17, 15) is 9.59 Å². The molecule has 0 saturated carbocycles. The van der Waals surface area contributed by atoms with Gasteiger partial charge in [0.2, 0.25) is 5.91 Å². The lowest BCUT2D eigenvalue weighted by molar-refractivity contribution is -0.137.